The SMILES string of the molecule is C/C=C\C(=C/C)c1cc(C)nc(-c2ccccc2)c1. The van der Waals surface area contributed by atoms with Crippen molar-refractivity contribution in [1.82, 2.24) is 4.98 Å². The van der Waals surface area contributed by atoms with E-state index in [0.29, 0.717) is 0 Å². The van der Waals surface area contributed by atoms with Gasteiger partial charge < -0.3 is 0 Å². The molecule has 0 saturated heterocycles. The van der Waals surface area contributed by atoms with Crippen molar-refractivity contribution in [3.63, 3.8) is 0 Å². The van der Waals surface area contributed by atoms with Gasteiger partial charge in [0.15, 0.2) is 0 Å². The van der Waals surface area contributed by atoms with E-state index < -0.39 is 0 Å². The highest BCUT2D eigenvalue weighted by Gasteiger charge is 2.04. The summed E-state index contributed by atoms with van der Waals surface area (Å²) in [5.74, 6) is 0. The van der Waals surface area contributed by atoms with E-state index in [-0.39, 0.29) is 0 Å². The van der Waals surface area contributed by atoms with Gasteiger partial charge in [-0.1, -0.05) is 48.6 Å². The largest absolute Gasteiger partial charge is 0.253 e. The van der Waals surface area contributed by atoms with E-state index in [1.54, 1.807) is 0 Å². The van der Waals surface area contributed by atoms with E-state index in [0.717, 1.165) is 17.0 Å². The number of aromatic nitrogens is 1. The second-order valence-corrected chi connectivity index (χ2v) is 4.49. The summed E-state index contributed by atoms with van der Waals surface area (Å²) in [6.07, 6.45) is 6.32. The lowest BCUT2D eigenvalue weighted by molar-refractivity contribution is 1.20. The highest BCUT2D eigenvalue weighted by Crippen LogP contribution is 2.23. The third-order valence-electron chi connectivity index (χ3n) is 3.01. The molecule has 96 valence electrons. The van der Waals surface area contributed by atoms with Gasteiger partial charge in [0.25, 0.3) is 0 Å². The Kier molecular flexibility index (Phi) is 4.30. The van der Waals surface area contributed by atoms with E-state index >= 15 is 0 Å². The van der Waals surface area contributed by atoms with Gasteiger partial charge in [0.1, 0.15) is 0 Å². The molecule has 2 rings (SSSR count). The van der Waals surface area contributed by atoms with Crippen LogP contribution in [0.2, 0.25) is 0 Å². The average molecular weight is 249 g/mol. The Morgan fingerprint density at radius 3 is 2.42 bits per heavy atom. The number of hydrogen-bond acceptors (Lipinski definition) is 1. The maximum atomic E-state index is 4.63. The molecule has 0 bridgehead atoms. The van der Waals surface area contributed by atoms with Crippen LogP contribution in [0.15, 0.2) is 60.7 Å². The Bertz CT molecular complexity index is 607. The second kappa shape index (κ2) is 6.14. The molecule has 1 heterocycles. The molecule has 1 aromatic heterocycles. The number of hydrogen-bond donors (Lipinski definition) is 0. The Hall–Kier alpha value is -2.15. The molecule has 19 heavy (non-hydrogen) atoms. The average Bonchev–Trinajstić information content (AvgIpc) is 2.45. The first-order valence-corrected chi connectivity index (χ1v) is 6.58. The van der Waals surface area contributed by atoms with E-state index in [1.165, 1.54) is 11.1 Å². The minimum absolute atomic E-state index is 1.03. The van der Waals surface area contributed by atoms with Gasteiger partial charge in [0.05, 0.1) is 5.69 Å². The number of pyridine rings is 1. The zero-order valence-corrected chi connectivity index (χ0v) is 11.7. The fourth-order valence-electron chi connectivity index (χ4n) is 2.13. The van der Waals surface area contributed by atoms with Crippen LogP contribution < -0.4 is 0 Å². The van der Waals surface area contributed by atoms with Gasteiger partial charge in [-0.05, 0) is 44.0 Å². The van der Waals surface area contributed by atoms with Crippen molar-refractivity contribution < 1.29 is 0 Å². The summed E-state index contributed by atoms with van der Waals surface area (Å²) < 4.78 is 0. The summed E-state index contributed by atoms with van der Waals surface area (Å²) in [7, 11) is 0. The Morgan fingerprint density at radius 2 is 1.79 bits per heavy atom. The maximum absolute atomic E-state index is 4.63. The van der Waals surface area contributed by atoms with Crippen molar-refractivity contribution in [3.05, 3.63) is 72.0 Å². The van der Waals surface area contributed by atoms with Crippen LogP contribution in [0.5, 0.6) is 0 Å². The fourth-order valence-corrected chi connectivity index (χ4v) is 2.13. The van der Waals surface area contributed by atoms with Gasteiger partial charge in [-0.25, -0.2) is 0 Å². The van der Waals surface area contributed by atoms with Crippen molar-refractivity contribution in [2.75, 3.05) is 0 Å². The van der Waals surface area contributed by atoms with Crippen molar-refractivity contribution in [3.8, 4) is 11.3 Å². The number of nitrogens with zero attached hydrogens (tertiary/aromatic N) is 1. The first-order chi connectivity index (χ1) is 9.24. The van der Waals surface area contributed by atoms with Crippen LogP contribution in [0.25, 0.3) is 16.8 Å². The first kappa shape index (κ1) is 13.3. The highest BCUT2D eigenvalue weighted by atomic mass is 14.7. The molecular formula is C18H19N. The normalized spacial score (nSPS) is 12.1. The molecule has 0 aliphatic carbocycles. The zero-order chi connectivity index (χ0) is 13.7. The number of benzene rings is 1. The molecule has 0 aliphatic rings. The number of allylic oxidation sites excluding steroid dienone is 4. The van der Waals surface area contributed by atoms with Crippen molar-refractivity contribution >= 4 is 5.57 Å². The molecule has 0 fully saturated rings. The summed E-state index contributed by atoms with van der Waals surface area (Å²) in [4.78, 5) is 4.63. The predicted octanol–water partition coefficient (Wildman–Crippen LogP) is 5.04. The smallest absolute Gasteiger partial charge is 0.0711 e. The monoisotopic (exact) mass is 249 g/mol. The molecule has 1 heteroatoms. The van der Waals surface area contributed by atoms with Gasteiger partial charge >= 0.3 is 0 Å². The van der Waals surface area contributed by atoms with E-state index in [2.05, 4.69) is 54.4 Å². The Labute approximate surface area is 115 Å². The molecule has 1 aromatic carbocycles. The summed E-state index contributed by atoms with van der Waals surface area (Å²) in [5, 5.41) is 0. The summed E-state index contributed by atoms with van der Waals surface area (Å²) in [5.41, 5.74) is 5.67. The molecule has 0 radical (unpaired) electrons. The first-order valence-electron chi connectivity index (χ1n) is 6.58. The molecule has 0 spiro atoms. The molecule has 0 aliphatic heterocycles. The third-order valence-corrected chi connectivity index (χ3v) is 3.01. The van der Waals surface area contributed by atoms with E-state index in [1.807, 2.05) is 32.0 Å². The van der Waals surface area contributed by atoms with Crippen molar-refractivity contribution in [2.24, 2.45) is 0 Å². The van der Waals surface area contributed by atoms with Crippen molar-refractivity contribution in [2.45, 2.75) is 20.8 Å². The zero-order valence-electron chi connectivity index (χ0n) is 11.7. The van der Waals surface area contributed by atoms with E-state index in [9.17, 15) is 0 Å². The van der Waals surface area contributed by atoms with Crippen LogP contribution in [0.1, 0.15) is 25.1 Å². The standard InChI is InChI=1S/C18H19N/c1-4-9-15(5-2)17-12-14(3)19-18(13-17)16-10-7-6-8-11-16/h4-13H,1-3H3/b9-4-,15-5+. The van der Waals surface area contributed by atoms with E-state index in [4.69, 9.17) is 0 Å². The number of rotatable bonds is 3. The van der Waals surface area contributed by atoms with Crippen LogP contribution in [-0.2, 0) is 0 Å². The van der Waals surface area contributed by atoms with Crippen LogP contribution in [0.3, 0.4) is 0 Å². The van der Waals surface area contributed by atoms with Crippen molar-refractivity contribution in [1.29, 1.82) is 0 Å². The molecule has 0 saturated carbocycles. The number of aryl methyl sites for hydroxylation is 1. The fraction of sp³-hybridized carbons (Fsp3) is 0.167. The van der Waals surface area contributed by atoms with Gasteiger partial charge in [0.2, 0.25) is 0 Å². The van der Waals surface area contributed by atoms with Gasteiger partial charge in [-0.3, -0.25) is 4.98 Å². The van der Waals surface area contributed by atoms with Gasteiger partial charge in [0, 0.05) is 11.3 Å². The summed E-state index contributed by atoms with van der Waals surface area (Å²) in [6.45, 7) is 6.14. The highest BCUT2D eigenvalue weighted by molar-refractivity contribution is 5.76. The minimum atomic E-state index is 1.03. The lowest BCUT2D eigenvalue weighted by atomic mass is 10.0. The molecule has 2 aromatic rings. The minimum Gasteiger partial charge on any atom is -0.253 e. The molecule has 0 N–H and O–H groups in total. The van der Waals surface area contributed by atoms with Crippen LogP contribution in [0, 0.1) is 6.92 Å². The lowest BCUT2D eigenvalue weighted by Crippen LogP contribution is -1.91. The molecule has 0 unspecified atom stereocenters. The molecule has 0 atom stereocenters. The lowest BCUT2D eigenvalue weighted by Gasteiger charge is -2.08. The second-order valence-electron chi connectivity index (χ2n) is 4.49. The summed E-state index contributed by atoms with van der Waals surface area (Å²) in [6, 6.07) is 14.6. The molecule has 1 nitrogen and oxygen atoms in total. The maximum Gasteiger partial charge on any atom is 0.0711 e. The molecular weight excluding hydrogens is 230 g/mol. The van der Waals surface area contributed by atoms with Crippen LogP contribution in [0.4, 0.5) is 0 Å². The van der Waals surface area contributed by atoms with Gasteiger partial charge in [-0.2, -0.15) is 0 Å². The van der Waals surface area contributed by atoms with Crippen LogP contribution in [-0.4, -0.2) is 4.98 Å². The van der Waals surface area contributed by atoms with Crippen LogP contribution >= 0.6 is 0 Å². The molecule has 0 amide bonds. The summed E-state index contributed by atoms with van der Waals surface area (Å²) >= 11 is 0. The Balaban J connectivity index is 2.52. The predicted molar refractivity (Wildman–Crippen MR) is 82.9 cm³/mol. The third kappa shape index (κ3) is 3.19. The topological polar surface area (TPSA) is 12.9 Å². The quantitative estimate of drug-likeness (QED) is 0.695. The Morgan fingerprint density at radius 1 is 1.05 bits per heavy atom. The van der Waals surface area contributed by atoms with Gasteiger partial charge in [-0.15, -0.1) is 0 Å².